The molecular formula is C16H18BrN3. The first-order valence-corrected chi connectivity index (χ1v) is 7.84. The van der Waals surface area contributed by atoms with Crippen LogP contribution in [0.1, 0.15) is 29.4 Å². The minimum atomic E-state index is 0.830. The molecule has 0 saturated carbocycles. The molecule has 1 aliphatic rings. The number of aryl methyl sites for hydroxylation is 2. The molecule has 0 spiro atoms. The predicted octanol–water partition coefficient (Wildman–Crippen LogP) is 3.42. The second-order valence-electron chi connectivity index (χ2n) is 5.18. The molecule has 0 saturated heterocycles. The van der Waals surface area contributed by atoms with Crippen molar-refractivity contribution in [3.63, 3.8) is 0 Å². The van der Waals surface area contributed by atoms with E-state index in [1.807, 2.05) is 0 Å². The van der Waals surface area contributed by atoms with Gasteiger partial charge in [0, 0.05) is 22.3 Å². The molecule has 3 nitrogen and oxygen atoms in total. The third kappa shape index (κ3) is 2.50. The average molecular weight is 332 g/mol. The first-order chi connectivity index (χ1) is 9.69. The van der Waals surface area contributed by atoms with Crippen molar-refractivity contribution >= 4 is 15.9 Å². The maximum Gasteiger partial charge on any atom is 0.160 e. The van der Waals surface area contributed by atoms with Gasteiger partial charge in [0.1, 0.15) is 0 Å². The average Bonchev–Trinajstić information content (AvgIpc) is 2.46. The number of hydrogen-bond acceptors (Lipinski definition) is 3. The molecule has 104 valence electrons. The Kier molecular flexibility index (Phi) is 3.85. The number of fused-ring (bicyclic) bond motifs is 1. The van der Waals surface area contributed by atoms with E-state index >= 15 is 0 Å². The van der Waals surface area contributed by atoms with E-state index in [1.165, 1.54) is 16.8 Å². The Hall–Kier alpha value is -1.26. The van der Waals surface area contributed by atoms with Crippen LogP contribution in [-0.4, -0.2) is 16.5 Å². The van der Waals surface area contributed by atoms with E-state index in [0.29, 0.717) is 0 Å². The molecule has 1 N–H and O–H groups in total. The van der Waals surface area contributed by atoms with Crippen molar-refractivity contribution in [1.29, 1.82) is 0 Å². The highest BCUT2D eigenvalue weighted by atomic mass is 79.9. The van der Waals surface area contributed by atoms with E-state index in [-0.39, 0.29) is 0 Å². The molecule has 0 bridgehead atoms. The Bertz CT molecular complexity index is 635. The summed E-state index contributed by atoms with van der Waals surface area (Å²) >= 11 is 3.63. The highest BCUT2D eigenvalue weighted by molar-refractivity contribution is 9.10. The minimum Gasteiger partial charge on any atom is -0.311 e. The van der Waals surface area contributed by atoms with Gasteiger partial charge in [0.15, 0.2) is 5.82 Å². The molecule has 0 radical (unpaired) electrons. The fourth-order valence-corrected chi connectivity index (χ4v) is 3.32. The Balaban J connectivity index is 2.14. The van der Waals surface area contributed by atoms with E-state index in [1.54, 1.807) is 0 Å². The maximum absolute atomic E-state index is 4.80. The lowest BCUT2D eigenvalue weighted by atomic mass is 10.0. The van der Waals surface area contributed by atoms with Crippen molar-refractivity contribution in [2.75, 3.05) is 6.54 Å². The van der Waals surface area contributed by atoms with Crippen molar-refractivity contribution in [3.8, 4) is 11.4 Å². The topological polar surface area (TPSA) is 37.8 Å². The molecule has 1 aromatic heterocycles. The van der Waals surface area contributed by atoms with Gasteiger partial charge < -0.3 is 5.32 Å². The normalized spacial score (nSPS) is 14.2. The quantitative estimate of drug-likeness (QED) is 0.916. The first kappa shape index (κ1) is 13.7. The first-order valence-electron chi connectivity index (χ1n) is 7.05. The fraction of sp³-hybridized carbons (Fsp3) is 0.375. The molecule has 0 aliphatic carbocycles. The summed E-state index contributed by atoms with van der Waals surface area (Å²) in [6.07, 6.45) is 2.00. The number of rotatable bonds is 2. The van der Waals surface area contributed by atoms with Gasteiger partial charge in [0.05, 0.1) is 5.69 Å². The molecule has 0 atom stereocenters. The van der Waals surface area contributed by atoms with E-state index in [4.69, 9.17) is 9.97 Å². The van der Waals surface area contributed by atoms with Gasteiger partial charge in [0.25, 0.3) is 0 Å². The monoisotopic (exact) mass is 331 g/mol. The van der Waals surface area contributed by atoms with Gasteiger partial charge in [-0.1, -0.05) is 28.9 Å². The number of nitrogens with zero attached hydrogens (tertiary/aromatic N) is 2. The zero-order chi connectivity index (χ0) is 14.1. The van der Waals surface area contributed by atoms with Gasteiger partial charge in [-0.05, 0) is 49.6 Å². The summed E-state index contributed by atoms with van der Waals surface area (Å²) in [6.45, 7) is 6.13. The molecule has 1 aromatic carbocycles. The number of hydrogen-bond donors (Lipinski definition) is 1. The van der Waals surface area contributed by atoms with Crippen molar-refractivity contribution in [3.05, 3.63) is 45.2 Å². The van der Waals surface area contributed by atoms with Crippen LogP contribution >= 0.6 is 15.9 Å². The van der Waals surface area contributed by atoms with Crippen LogP contribution in [0.2, 0.25) is 0 Å². The van der Waals surface area contributed by atoms with Crippen LogP contribution in [0.5, 0.6) is 0 Å². The Morgan fingerprint density at radius 3 is 2.90 bits per heavy atom. The maximum atomic E-state index is 4.80. The number of benzene rings is 1. The lowest BCUT2D eigenvalue weighted by molar-refractivity contribution is 0.617. The molecule has 2 aromatic rings. The van der Waals surface area contributed by atoms with Gasteiger partial charge in [-0.2, -0.15) is 0 Å². The van der Waals surface area contributed by atoms with E-state index < -0.39 is 0 Å². The summed E-state index contributed by atoms with van der Waals surface area (Å²) in [4.78, 5) is 9.58. The van der Waals surface area contributed by atoms with Crippen LogP contribution in [-0.2, 0) is 19.4 Å². The summed E-state index contributed by atoms with van der Waals surface area (Å²) in [5.41, 5.74) is 6.00. The second-order valence-corrected chi connectivity index (χ2v) is 6.04. The van der Waals surface area contributed by atoms with Crippen LogP contribution in [0.15, 0.2) is 22.7 Å². The van der Waals surface area contributed by atoms with Crippen molar-refractivity contribution in [1.82, 2.24) is 15.3 Å². The van der Waals surface area contributed by atoms with Gasteiger partial charge in [-0.15, -0.1) is 0 Å². The van der Waals surface area contributed by atoms with E-state index in [2.05, 4.69) is 53.3 Å². The number of nitrogens with one attached hydrogen (secondary N) is 1. The van der Waals surface area contributed by atoms with Gasteiger partial charge in [0.2, 0.25) is 0 Å². The van der Waals surface area contributed by atoms with Crippen LogP contribution in [0.25, 0.3) is 11.4 Å². The summed E-state index contributed by atoms with van der Waals surface area (Å²) in [6, 6.07) is 6.31. The molecule has 3 rings (SSSR count). The third-order valence-corrected chi connectivity index (χ3v) is 4.38. The smallest absolute Gasteiger partial charge is 0.160 e. The molecule has 0 amide bonds. The molecule has 0 fully saturated rings. The number of halogens is 1. The lowest BCUT2D eigenvalue weighted by Gasteiger charge is -2.20. The Morgan fingerprint density at radius 2 is 2.15 bits per heavy atom. The Morgan fingerprint density at radius 1 is 1.30 bits per heavy atom. The largest absolute Gasteiger partial charge is 0.311 e. The van der Waals surface area contributed by atoms with Crippen LogP contribution in [0.4, 0.5) is 0 Å². The summed E-state index contributed by atoms with van der Waals surface area (Å²) < 4.78 is 1.06. The van der Waals surface area contributed by atoms with Crippen LogP contribution in [0, 0.1) is 6.92 Å². The highest BCUT2D eigenvalue weighted by Crippen LogP contribution is 2.28. The minimum absolute atomic E-state index is 0.830. The molecular weight excluding hydrogens is 314 g/mol. The Labute approximate surface area is 128 Å². The van der Waals surface area contributed by atoms with Crippen molar-refractivity contribution in [2.45, 2.75) is 33.2 Å². The number of aromatic nitrogens is 2. The van der Waals surface area contributed by atoms with E-state index in [0.717, 1.165) is 47.5 Å². The molecule has 1 aliphatic heterocycles. The molecule has 2 heterocycles. The SMILES string of the molecule is CCc1nc(-c2ccc(C)cc2Br)nc2c1CCNC2. The summed E-state index contributed by atoms with van der Waals surface area (Å²) in [7, 11) is 0. The second kappa shape index (κ2) is 5.62. The molecule has 0 unspecified atom stereocenters. The van der Waals surface area contributed by atoms with Crippen LogP contribution in [0.3, 0.4) is 0 Å². The fourth-order valence-electron chi connectivity index (χ4n) is 2.65. The van der Waals surface area contributed by atoms with Crippen molar-refractivity contribution in [2.24, 2.45) is 0 Å². The lowest BCUT2D eigenvalue weighted by Crippen LogP contribution is -2.26. The standard InChI is InChI=1S/C16H18BrN3/c1-3-14-12-6-7-18-9-15(12)20-16(19-14)11-5-4-10(2)8-13(11)17/h4-5,8,18H,3,6-7,9H2,1-2H3. The molecule has 4 heteroatoms. The summed E-state index contributed by atoms with van der Waals surface area (Å²) in [5.74, 6) is 0.830. The summed E-state index contributed by atoms with van der Waals surface area (Å²) in [5, 5.41) is 3.39. The zero-order valence-corrected chi connectivity index (χ0v) is 13.4. The van der Waals surface area contributed by atoms with Crippen LogP contribution < -0.4 is 5.32 Å². The van der Waals surface area contributed by atoms with E-state index in [9.17, 15) is 0 Å². The third-order valence-electron chi connectivity index (χ3n) is 3.72. The zero-order valence-electron chi connectivity index (χ0n) is 11.8. The highest BCUT2D eigenvalue weighted by Gasteiger charge is 2.18. The van der Waals surface area contributed by atoms with Crippen molar-refractivity contribution < 1.29 is 0 Å². The van der Waals surface area contributed by atoms with Gasteiger partial charge in [-0.25, -0.2) is 9.97 Å². The molecule has 20 heavy (non-hydrogen) atoms. The van der Waals surface area contributed by atoms with Gasteiger partial charge >= 0.3 is 0 Å². The predicted molar refractivity (Wildman–Crippen MR) is 84.7 cm³/mol. The van der Waals surface area contributed by atoms with Gasteiger partial charge in [-0.3, -0.25) is 0 Å².